The molecule has 1 aromatic rings. The van der Waals surface area contributed by atoms with Gasteiger partial charge in [0.05, 0.1) is 12.2 Å². The maximum Gasteiger partial charge on any atom is 0.329 e. The number of hydrogen-bond acceptors (Lipinski definition) is 3. The summed E-state index contributed by atoms with van der Waals surface area (Å²) in [5, 5.41) is 0. The molecular weight excluding hydrogens is 194 g/mol. The zero-order valence-corrected chi connectivity index (χ0v) is 8.96. The predicted molar refractivity (Wildman–Crippen MR) is 54.6 cm³/mol. The Balaban J connectivity index is 2.07. The van der Waals surface area contributed by atoms with Crippen LogP contribution in [0.3, 0.4) is 0 Å². The Labute approximate surface area is 88.7 Å². The molecule has 2 heterocycles. The van der Waals surface area contributed by atoms with Crippen LogP contribution >= 0.6 is 0 Å². The fraction of sp³-hybridized carbons (Fsp3) is 0.600. The summed E-state index contributed by atoms with van der Waals surface area (Å²) < 4.78 is 7.06. The Hall–Kier alpha value is -1.36. The molecule has 1 aromatic heterocycles. The molecule has 82 valence electrons. The van der Waals surface area contributed by atoms with Crippen LogP contribution in [0.1, 0.15) is 13.8 Å². The average Bonchev–Trinajstić information content (AvgIpc) is 2.67. The zero-order chi connectivity index (χ0) is 10.8. The lowest BCUT2D eigenvalue weighted by atomic mass is 10.2. The molecule has 1 aliphatic rings. The highest BCUT2D eigenvalue weighted by atomic mass is 16.5. The first-order valence-electron chi connectivity index (χ1n) is 5.09. The fourth-order valence-corrected chi connectivity index (χ4v) is 1.87. The van der Waals surface area contributed by atoms with Crippen molar-refractivity contribution >= 4 is 6.03 Å². The van der Waals surface area contributed by atoms with E-state index in [2.05, 4.69) is 4.98 Å². The first-order chi connectivity index (χ1) is 7.16. The number of aromatic nitrogens is 2. The number of hydrogen-bond donors (Lipinski definition) is 0. The van der Waals surface area contributed by atoms with Crippen LogP contribution in [0.25, 0.3) is 0 Å². The lowest BCUT2D eigenvalue weighted by Gasteiger charge is -2.35. The molecule has 2 rings (SSSR count). The lowest BCUT2D eigenvalue weighted by molar-refractivity contribution is -0.0543. The quantitative estimate of drug-likeness (QED) is 0.639. The van der Waals surface area contributed by atoms with Gasteiger partial charge in [0, 0.05) is 25.5 Å². The van der Waals surface area contributed by atoms with Crippen molar-refractivity contribution in [2.24, 2.45) is 0 Å². The Morgan fingerprint density at radius 2 is 2.07 bits per heavy atom. The van der Waals surface area contributed by atoms with Crippen molar-refractivity contribution in [1.82, 2.24) is 14.5 Å². The van der Waals surface area contributed by atoms with Crippen LogP contribution in [0.4, 0.5) is 4.79 Å². The number of nitrogens with zero attached hydrogens (tertiary/aromatic N) is 3. The van der Waals surface area contributed by atoms with Gasteiger partial charge in [0.25, 0.3) is 0 Å². The average molecular weight is 209 g/mol. The largest absolute Gasteiger partial charge is 0.372 e. The minimum Gasteiger partial charge on any atom is -0.372 e. The molecule has 0 radical (unpaired) electrons. The summed E-state index contributed by atoms with van der Waals surface area (Å²) in [5.74, 6) is 0. The third-order valence-electron chi connectivity index (χ3n) is 2.42. The smallest absolute Gasteiger partial charge is 0.329 e. The van der Waals surface area contributed by atoms with Crippen LogP contribution in [0.5, 0.6) is 0 Å². The van der Waals surface area contributed by atoms with Crippen molar-refractivity contribution in [3.63, 3.8) is 0 Å². The van der Waals surface area contributed by atoms with Crippen LogP contribution in [0.15, 0.2) is 18.7 Å². The molecule has 1 amide bonds. The molecule has 2 atom stereocenters. The molecule has 0 aromatic carbocycles. The molecule has 5 heteroatoms. The minimum atomic E-state index is -0.0329. The molecule has 0 N–H and O–H groups in total. The number of imidazole rings is 1. The molecule has 5 nitrogen and oxygen atoms in total. The van der Waals surface area contributed by atoms with Crippen LogP contribution in [-0.2, 0) is 4.74 Å². The minimum absolute atomic E-state index is 0.0329. The van der Waals surface area contributed by atoms with Crippen molar-refractivity contribution < 1.29 is 9.53 Å². The number of rotatable bonds is 0. The van der Waals surface area contributed by atoms with Gasteiger partial charge in [-0.15, -0.1) is 0 Å². The second-order valence-corrected chi connectivity index (χ2v) is 3.91. The third-order valence-corrected chi connectivity index (χ3v) is 2.42. The highest BCUT2D eigenvalue weighted by molar-refractivity contribution is 5.76. The molecule has 1 saturated heterocycles. The van der Waals surface area contributed by atoms with E-state index in [1.807, 2.05) is 13.8 Å². The Kier molecular flexibility index (Phi) is 2.73. The van der Waals surface area contributed by atoms with Crippen LogP contribution < -0.4 is 0 Å². The molecule has 0 bridgehead atoms. The van der Waals surface area contributed by atoms with E-state index >= 15 is 0 Å². The van der Waals surface area contributed by atoms with Gasteiger partial charge in [-0.25, -0.2) is 9.78 Å². The summed E-state index contributed by atoms with van der Waals surface area (Å²) in [7, 11) is 0. The van der Waals surface area contributed by atoms with E-state index in [4.69, 9.17) is 4.74 Å². The van der Waals surface area contributed by atoms with E-state index < -0.39 is 0 Å². The maximum absolute atomic E-state index is 11.9. The Bertz CT molecular complexity index is 326. The van der Waals surface area contributed by atoms with Gasteiger partial charge in [0.2, 0.25) is 0 Å². The zero-order valence-electron chi connectivity index (χ0n) is 8.96. The molecule has 1 fully saturated rings. The van der Waals surface area contributed by atoms with Gasteiger partial charge in [-0.2, -0.15) is 0 Å². The predicted octanol–water partition coefficient (Wildman–Crippen LogP) is 0.960. The number of carbonyl (C=O) groups excluding carboxylic acids is 1. The topological polar surface area (TPSA) is 47.4 Å². The van der Waals surface area contributed by atoms with Crippen LogP contribution in [0, 0.1) is 0 Å². The van der Waals surface area contributed by atoms with Crippen molar-refractivity contribution in [1.29, 1.82) is 0 Å². The third kappa shape index (κ3) is 2.18. The van der Waals surface area contributed by atoms with E-state index in [-0.39, 0.29) is 18.2 Å². The van der Waals surface area contributed by atoms with Crippen molar-refractivity contribution in [3.05, 3.63) is 18.7 Å². The number of carbonyl (C=O) groups is 1. The van der Waals surface area contributed by atoms with Gasteiger partial charge in [-0.3, -0.25) is 4.57 Å². The van der Waals surface area contributed by atoms with E-state index in [1.165, 1.54) is 10.9 Å². The second-order valence-electron chi connectivity index (χ2n) is 3.91. The van der Waals surface area contributed by atoms with Crippen LogP contribution in [-0.4, -0.2) is 45.8 Å². The summed E-state index contributed by atoms with van der Waals surface area (Å²) in [5.41, 5.74) is 0. The fourth-order valence-electron chi connectivity index (χ4n) is 1.87. The summed E-state index contributed by atoms with van der Waals surface area (Å²) in [6, 6.07) is -0.0329. The van der Waals surface area contributed by atoms with E-state index in [0.717, 1.165) is 0 Å². The second kappa shape index (κ2) is 4.02. The van der Waals surface area contributed by atoms with Gasteiger partial charge < -0.3 is 9.64 Å². The first kappa shape index (κ1) is 10.2. The van der Waals surface area contributed by atoms with Gasteiger partial charge >= 0.3 is 6.03 Å². The number of morpholine rings is 1. The highest BCUT2D eigenvalue weighted by Gasteiger charge is 2.26. The normalized spacial score (nSPS) is 26.7. The first-order valence-corrected chi connectivity index (χ1v) is 5.09. The molecule has 0 aliphatic carbocycles. The van der Waals surface area contributed by atoms with Gasteiger partial charge in [0.15, 0.2) is 0 Å². The Morgan fingerprint density at radius 1 is 1.40 bits per heavy atom. The van der Waals surface area contributed by atoms with Gasteiger partial charge in [-0.05, 0) is 13.8 Å². The standard InChI is InChI=1S/C10H15N3O2/c1-8-5-13(6-9(2)15-8)10(14)12-4-3-11-7-12/h3-4,7-9H,5-6H2,1-2H3/t8-,9-/m1/s1. The number of amides is 1. The van der Waals surface area contributed by atoms with Crippen LogP contribution in [0.2, 0.25) is 0 Å². The van der Waals surface area contributed by atoms with Crippen molar-refractivity contribution in [2.45, 2.75) is 26.1 Å². The van der Waals surface area contributed by atoms with Crippen molar-refractivity contribution in [3.8, 4) is 0 Å². The molecule has 0 spiro atoms. The van der Waals surface area contributed by atoms with Gasteiger partial charge in [0.1, 0.15) is 6.33 Å². The summed E-state index contributed by atoms with van der Waals surface area (Å²) >= 11 is 0. The van der Waals surface area contributed by atoms with E-state index in [1.54, 1.807) is 17.3 Å². The highest BCUT2D eigenvalue weighted by Crippen LogP contribution is 2.11. The molecular formula is C10H15N3O2. The van der Waals surface area contributed by atoms with E-state index in [0.29, 0.717) is 13.1 Å². The molecule has 0 unspecified atom stereocenters. The summed E-state index contributed by atoms with van der Waals surface area (Å²) in [4.78, 5) is 17.6. The SMILES string of the molecule is C[C@@H]1CN(C(=O)n2ccnc2)C[C@@H](C)O1. The number of ether oxygens (including phenoxy) is 1. The maximum atomic E-state index is 11.9. The van der Waals surface area contributed by atoms with Crippen molar-refractivity contribution in [2.75, 3.05) is 13.1 Å². The summed E-state index contributed by atoms with van der Waals surface area (Å²) in [6.07, 6.45) is 4.98. The molecule has 15 heavy (non-hydrogen) atoms. The van der Waals surface area contributed by atoms with Gasteiger partial charge in [-0.1, -0.05) is 0 Å². The summed E-state index contributed by atoms with van der Waals surface area (Å²) in [6.45, 7) is 5.23. The Morgan fingerprint density at radius 3 is 2.60 bits per heavy atom. The molecule has 0 saturated carbocycles. The van der Waals surface area contributed by atoms with E-state index in [9.17, 15) is 4.79 Å². The lowest BCUT2D eigenvalue weighted by Crippen LogP contribution is -2.49. The molecule has 1 aliphatic heterocycles. The monoisotopic (exact) mass is 209 g/mol.